The maximum atomic E-state index is 5.56. The Labute approximate surface area is 121 Å². The summed E-state index contributed by atoms with van der Waals surface area (Å²) in [6.45, 7) is 6.42. The van der Waals surface area contributed by atoms with Gasteiger partial charge in [-0.15, -0.1) is 0 Å². The third-order valence-electron chi connectivity index (χ3n) is 2.73. The minimum atomic E-state index is 0.566. The summed E-state index contributed by atoms with van der Waals surface area (Å²) in [5.74, 6) is 0.782. The molecule has 1 N–H and O–H groups in total. The van der Waals surface area contributed by atoms with Crippen LogP contribution in [0.3, 0.4) is 0 Å². The molecule has 0 aliphatic carbocycles. The zero-order valence-corrected chi connectivity index (χ0v) is 12.6. The first-order valence-corrected chi connectivity index (χ1v) is 7.22. The lowest BCUT2D eigenvalue weighted by molar-refractivity contribution is 0.0979. The van der Waals surface area contributed by atoms with E-state index in [4.69, 9.17) is 14.2 Å². The van der Waals surface area contributed by atoms with E-state index in [0.29, 0.717) is 19.8 Å². The summed E-state index contributed by atoms with van der Waals surface area (Å²) in [5.41, 5.74) is 0.993. The molecule has 20 heavy (non-hydrogen) atoms. The molecule has 0 amide bonds. The van der Waals surface area contributed by atoms with Gasteiger partial charge in [-0.1, -0.05) is 13.3 Å². The Kier molecular flexibility index (Phi) is 9.83. The number of nitrogens with zero attached hydrogens (tertiary/aromatic N) is 1. The number of methoxy groups -OCH3 is 1. The Morgan fingerprint density at radius 2 is 2.05 bits per heavy atom. The van der Waals surface area contributed by atoms with Crippen molar-refractivity contribution in [2.45, 2.75) is 26.3 Å². The molecule has 0 saturated heterocycles. The molecule has 5 nitrogen and oxygen atoms in total. The molecule has 1 rings (SSSR count). The highest BCUT2D eigenvalue weighted by molar-refractivity contribution is 5.19. The van der Waals surface area contributed by atoms with Gasteiger partial charge in [0.05, 0.1) is 25.1 Å². The predicted octanol–water partition coefficient (Wildman–Crippen LogP) is 2.01. The highest BCUT2D eigenvalue weighted by Crippen LogP contribution is 2.08. The summed E-state index contributed by atoms with van der Waals surface area (Å²) in [5, 5.41) is 3.25. The quantitative estimate of drug-likeness (QED) is 0.594. The number of pyridine rings is 1. The van der Waals surface area contributed by atoms with Crippen molar-refractivity contribution in [2.24, 2.45) is 0 Å². The number of hydrogen-bond acceptors (Lipinski definition) is 5. The molecule has 0 radical (unpaired) electrons. The van der Waals surface area contributed by atoms with Crippen LogP contribution in [0, 0.1) is 0 Å². The van der Waals surface area contributed by atoms with Gasteiger partial charge in [0.25, 0.3) is 0 Å². The van der Waals surface area contributed by atoms with Crippen LogP contribution in [0.1, 0.15) is 25.5 Å². The maximum absolute atomic E-state index is 5.56. The summed E-state index contributed by atoms with van der Waals surface area (Å²) in [7, 11) is 1.69. The van der Waals surface area contributed by atoms with Crippen LogP contribution in [0.5, 0.6) is 5.75 Å². The summed E-state index contributed by atoms with van der Waals surface area (Å²) in [6, 6.07) is 3.90. The standard InChI is InChI=1S/C15H26N2O3/c1-3-4-8-19-10-11-20-15-6-5-14(17-13-15)12-16-7-9-18-2/h5-6,13,16H,3-4,7-12H2,1-2H3. The number of unbranched alkanes of at least 4 members (excludes halogenated alkanes) is 1. The van der Waals surface area contributed by atoms with Crippen molar-refractivity contribution in [1.29, 1.82) is 0 Å². The van der Waals surface area contributed by atoms with Gasteiger partial charge >= 0.3 is 0 Å². The number of ether oxygens (including phenoxy) is 3. The molecule has 0 aliphatic heterocycles. The molecule has 0 bridgehead atoms. The van der Waals surface area contributed by atoms with Crippen LogP contribution < -0.4 is 10.1 Å². The van der Waals surface area contributed by atoms with Crippen LogP contribution in [-0.4, -0.2) is 45.1 Å². The Hall–Kier alpha value is -1.17. The van der Waals surface area contributed by atoms with Crippen LogP contribution in [0.25, 0.3) is 0 Å². The minimum absolute atomic E-state index is 0.566. The molecule has 1 aromatic rings. The van der Waals surface area contributed by atoms with Crippen molar-refractivity contribution >= 4 is 0 Å². The lowest BCUT2D eigenvalue weighted by Crippen LogP contribution is -2.19. The Morgan fingerprint density at radius 3 is 2.75 bits per heavy atom. The SMILES string of the molecule is CCCCOCCOc1ccc(CNCCOC)nc1. The first-order valence-electron chi connectivity index (χ1n) is 7.22. The van der Waals surface area contributed by atoms with Crippen molar-refractivity contribution in [1.82, 2.24) is 10.3 Å². The number of aromatic nitrogens is 1. The second-order valence-corrected chi connectivity index (χ2v) is 4.47. The molecular formula is C15H26N2O3. The molecule has 5 heteroatoms. The fourth-order valence-corrected chi connectivity index (χ4v) is 1.56. The van der Waals surface area contributed by atoms with E-state index >= 15 is 0 Å². The smallest absolute Gasteiger partial charge is 0.137 e. The van der Waals surface area contributed by atoms with Gasteiger partial charge in [0.1, 0.15) is 12.4 Å². The fourth-order valence-electron chi connectivity index (χ4n) is 1.56. The number of rotatable bonds is 12. The van der Waals surface area contributed by atoms with Gasteiger partial charge in [0.15, 0.2) is 0 Å². The Bertz CT molecular complexity index is 330. The highest BCUT2D eigenvalue weighted by atomic mass is 16.5. The van der Waals surface area contributed by atoms with E-state index in [2.05, 4.69) is 17.2 Å². The molecule has 0 unspecified atom stereocenters. The van der Waals surface area contributed by atoms with Crippen molar-refractivity contribution in [3.05, 3.63) is 24.0 Å². The van der Waals surface area contributed by atoms with E-state index in [-0.39, 0.29) is 0 Å². The summed E-state index contributed by atoms with van der Waals surface area (Å²) in [6.07, 6.45) is 4.01. The van der Waals surface area contributed by atoms with E-state index in [9.17, 15) is 0 Å². The fraction of sp³-hybridized carbons (Fsp3) is 0.667. The van der Waals surface area contributed by atoms with Crippen molar-refractivity contribution in [3.8, 4) is 5.75 Å². The van der Waals surface area contributed by atoms with Crippen molar-refractivity contribution < 1.29 is 14.2 Å². The minimum Gasteiger partial charge on any atom is -0.490 e. The van der Waals surface area contributed by atoms with Gasteiger partial charge in [0, 0.05) is 26.8 Å². The number of nitrogens with one attached hydrogen (secondary N) is 1. The normalized spacial score (nSPS) is 10.7. The molecule has 0 aromatic carbocycles. The van der Waals surface area contributed by atoms with Crippen molar-refractivity contribution in [2.75, 3.05) is 40.1 Å². The van der Waals surface area contributed by atoms with Crippen LogP contribution in [0.15, 0.2) is 18.3 Å². The molecule has 1 heterocycles. The highest BCUT2D eigenvalue weighted by Gasteiger charge is 1.97. The van der Waals surface area contributed by atoms with Gasteiger partial charge in [-0.2, -0.15) is 0 Å². The van der Waals surface area contributed by atoms with Gasteiger partial charge in [0.2, 0.25) is 0 Å². The zero-order chi connectivity index (χ0) is 14.5. The number of hydrogen-bond donors (Lipinski definition) is 1. The first kappa shape index (κ1) is 16.9. The first-order chi connectivity index (χ1) is 9.86. The van der Waals surface area contributed by atoms with E-state index in [1.165, 1.54) is 0 Å². The van der Waals surface area contributed by atoms with E-state index in [0.717, 1.165) is 44.0 Å². The van der Waals surface area contributed by atoms with E-state index in [1.807, 2.05) is 12.1 Å². The van der Waals surface area contributed by atoms with Gasteiger partial charge in [-0.05, 0) is 18.6 Å². The van der Waals surface area contributed by atoms with Crippen LogP contribution in [0.2, 0.25) is 0 Å². The lowest BCUT2D eigenvalue weighted by Gasteiger charge is -2.08. The van der Waals surface area contributed by atoms with Crippen LogP contribution in [-0.2, 0) is 16.0 Å². The molecule has 114 valence electrons. The van der Waals surface area contributed by atoms with E-state index in [1.54, 1.807) is 13.3 Å². The zero-order valence-electron chi connectivity index (χ0n) is 12.6. The molecule has 0 atom stereocenters. The van der Waals surface area contributed by atoms with Gasteiger partial charge in [-0.25, -0.2) is 0 Å². The summed E-state index contributed by atoms with van der Waals surface area (Å²) in [4.78, 5) is 4.34. The topological polar surface area (TPSA) is 52.6 Å². The third-order valence-corrected chi connectivity index (χ3v) is 2.73. The van der Waals surface area contributed by atoms with Crippen molar-refractivity contribution in [3.63, 3.8) is 0 Å². The summed E-state index contributed by atoms with van der Waals surface area (Å²) < 4.78 is 15.9. The maximum Gasteiger partial charge on any atom is 0.137 e. The monoisotopic (exact) mass is 282 g/mol. The van der Waals surface area contributed by atoms with Gasteiger partial charge < -0.3 is 19.5 Å². The average molecular weight is 282 g/mol. The second-order valence-electron chi connectivity index (χ2n) is 4.47. The summed E-state index contributed by atoms with van der Waals surface area (Å²) >= 11 is 0. The van der Waals surface area contributed by atoms with Gasteiger partial charge in [-0.3, -0.25) is 4.98 Å². The molecule has 1 aromatic heterocycles. The Morgan fingerprint density at radius 1 is 1.15 bits per heavy atom. The molecule has 0 spiro atoms. The molecule has 0 fully saturated rings. The molecular weight excluding hydrogens is 256 g/mol. The largest absolute Gasteiger partial charge is 0.490 e. The molecule has 0 saturated carbocycles. The van der Waals surface area contributed by atoms with Crippen LogP contribution in [0.4, 0.5) is 0 Å². The average Bonchev–Trinajstić information content (AvgIpc) is 2.49. The predicted molar refractivity (Wildman–Crippen MR) is 79.0 cm³/mol. The van der Waals surface area contributed by atoms with E-state index < -0.39 is 0 Å². The lowest BCUT2D eigenvalue weighted by atomic mass is 10.3. The van der Waals surface area contributed by atoms with Crippen LogP contribution >= 0.6 is 0 Å². The molecule has 0 aliphatic rings. The Balaban J connectivity index is 2.12. The second kappa shape index (κ2) is 11.6. The third kappa shape index (κ3) is 8.09.